The van der Waals surface area contributed by atoms with Gasteiger partial charge in [0.15, 0.2) is 0 Å². The summed E-state index contributed by atoms with van der Waals surface area (Å²) in [7, 11) is -2.42. The molecule has 0 bridgehead atoms. The van der Waals surface area contributed by atoms with Crippen LogP contribution >= 0.6 is 11.6 Å². The van der Waals surface area contributed by atoms with E-state index in [1.807, 2.05) is 0 Å². The fourth-order valence-corrected chi connectivity index (χ4v) is 4.73. The lowest BCUT2D eigenvalue weighted by molar-refractivity contribution is 0.0693. The molecule has 1 amide bonds. The Morgan fingerprint density at radius 2 is 1.86 bits per heavy atom. The number of rotatable bonds is 5. The second-order valence-electron chi connectivity index (χ2n) is 7.40. The minimum absolute atomic E-state index is 0.00128. The summed E-state index contributed by atoms with van der Waals surface area (Å²) < 4.78 is 33.7. The number of piperidine rings is 1. The number of aryl methyl sites for hydroxylation is 1. The Hall–Kier alpha value is -2.25. The maximum atomic E-state index is 13.0. The molecular formula is C21H25ClN2O4S. The Kier molecular flexibility index (Phi) is 6.39. The molecule has 1 heterocycles. The number of nitrogens with zero attached hydrogens (tertiary/aromatic N) is 1. The predicted octanol–water partition coefficient (Wildman–Crippen LogP) is 4.33. The van der Waals surface area contributed by atoms with Crippen LogP contribution in [0.4, 0.5) is 5.69 Å². The van der Waals surface area contributed by atoms with Gasteiger partial charge in [0.1, 0.15) is 5.75 Å². The molecule has 1 fully saturated rings. The number of methoxy groups -OCH3 is 1. The van der Waals surface area contributed by atoms with Crippen LogP contribution in [-0.4, -0.2) is 39.4 Å². The van der Waals surface area contributed by atoms with Gasteiger partial charge in [-0.2, -0.15) is 0 Å². The van der Waals surface area contributed by atoms with Gasteiger partial charge in [-0.25, -0.2) is 8.42 Å². The molecule has 6 nitrogen and oxygen atoms in total. The molecule has 0 saturated carbocycles. The summed E-state index contributed by atoms with van der Waals surface area (Å²) >= 11 is 5.94. The molecule has 156 valence electrons. The lowest BCUT2D eigenvalue weighted by Gasteiger charge is -2.30. The first-order chi connectivity index (χ1) is 13.7. The van der Waals surface area contributed by atoms with E-state index in [1.54, 1.807) is 30.0 Å². The molecule has 0 aliphatic carbocycles. The van der Waals surface area contributed by atoms with Crippen LogP contribution in [0.2, 0.25) is 5.02 Å². The van der Waals surface area contributed by atoms with E-state index >= 15 is 0 Å². The normalized spacial score (nSPS) is 15.2. The number of hydrogen-bond acceptors (Lipinski definition) is 4. The molecule has 0 aromatic heterocycles. The number of anilines is 1. The fourth-order valence-electron chi connectivity index (χ4n) is 3.35. The number of sulfonamides is 1. The topological polar surface area (TPSA) is 75.7 Å². The number of hydrogen-bond donors (Lipinski definition) is 1. The summed E-state index contributed by atoms with van der Waals surface area (Å²) in [5, 5.41) is 0.527. The summed E-state index contributed by atoms with van der Waals surface area (Å²) in [4.78, 5) is 14.8. The van der Waals surface area contributed by atoms with E-state index in [0.717, 1.165) is 12.8 Å². The van der Waals surface area contributed by atoms with Gasteiger partial charge in [-0.3, -0.25) is 9.52 Å². The van der Waals surface area contributed by atoms with Crippen molar-refractivity contribution in [3.63, 3.8) is 0 Å². The number of ether oxygens (including phenoxy) is 1. The summed E-state index contributed by atoms with van der Waals surface area (Å²) in [6, 6.07) is 9.24. The van der Waals surface area contributed by atoms with Crippen molar-refractivity contribution in [2.75, 3.05) is 24.9 Å². The zero-order chi connectivity index (χ0) is 21.2. The average Bonchev–Trinajstić information content (AvgIpc) is 2.69. The second-order valence-corrected chi connectivity index (χ2v) is 9.52. The molecule has 1 saturated heterocycles. The molecule has 0 atom stereocenters. The van der Waals surface area contributed by atoms with Crippen LogP contribution in [0, 0.1) is 12.8 Å². The van der Waals surface area contributed by atoms with Gasteiger partial charge in [-0.05, 0) is 67.6 Å². The Morgan fingerprint density at radius 1 is 1.17 bits per heavy atom. The SMILES string of the molecule is COc1ccc(S(=O)(=O)Nc2ccc(Cl)cc2C)cc1C(=O)N1CCC(C)CC1. The third-order valence-corrected chi connectivity index (χ3v) is 6.81. The maximum absolute atomic E-state index is 13.0. The third-order valence-electron chi connectivity index (χ3n) is 5.22. The molecule has 1 aliphatic rings. The van der Waals surface area contributed by atoms with Gasteiger partial charge < -0.3 is 9.64 Å². The second kappa shape index (κ2) is 8.63. The number of nitrogens with one attached hydrogen (secondary N) is 1. The first kappa shape index (κ1) is 21.5. The summed E-state index contributed by atoms with van der Waals surface area (Å²) in [5.74, 6) is 0.725. The maximum Gasteiger partial charge on any atom is 0.261 e. The van der Waals surface area contributed by atoms with Crippen LogP contribution in [-0.2, 0) is 10.0 Å². The lowest BCUT2D eigenvalue weighted by Crippen LogP contribution is -2.38. The van der Waals surface area contributed by atoms with Gasteiger partial charge in [0, 0.05) is 18.1 Å². The van der Waals surface area contributed by atoms with Crippen molar-refractivity contribution in [1.82, 2.24) is 4.90 Å². The highest BCUT2D eigenvalue weighted by atomic mass is 35.5. The average molecular weight is 437 g/mol. The molecular weight excluding hydrogens is 412 g/mol. The van der Waals surface area contributed by atoms with Crippen molar-refractivity contribution in [3.8, 4) is 5.75 Å². The molecule has 0 radical (unpaired) electrons. The minimum Gasteiger partial charge on any atom is -0.496 e. The van der Waals surface area contributed by atoms with Gasteiger partial charge in [0.2, 0.25) is 0 Å². The molecule has 2 aromatic carbocycles. The van der Waals surface area contributed by atoms with E-state index in [9.17, 15) is 13.2 Å². The van der Waals surface area contributed by atoms with Gasteiger partial charge in [0.25, 0.3) is 15.9 Å². The Morgan fingerprint density at radius 3 is 2.48 bits per heavy atom. The van der Waals surface area contributed by atoms with Crippen LogP contribution in [0.1, 0.15) is 35.7 Å². The van der Waals surface area contributed by atoms with Crippen LogP contribution < -0.4 is 9.46 Å². The highest BCUT2D eigenvalue weighted by molar-refractivity contribution is 7.92. The van der Waals surface area contributed by atoms with E-state index in [0.29, 0.717) is 41.0 Å². The number of carbonyl (C=O) groups is 1. The molecule has 0 unspecified atom stereocenters. The molecule has 8 heteroatoms. The van der Waals surface area contributed by atoms with Crippen molar-refractivity contribution in [3.05, 3.63) is 52.5 Å². The van der Waals surface area contributed by atoms with Crippen molar-refractivity contribution in [1.29, 1.82) is 0 Å². The van der Waals surface area contributed by atoms with E-state index in [-0.39, 0.29) is 16.4 Å². The number of amides is 1. The number of carbonyl (C=O) groups excluding carboxylic acids is 1. The molecule has 1 N–H and O–H groups in total. The van der Waals surface area contributed by atoms with Gasteiger partial charge >= 0.3 is 0 Å². The highest BCUT2D eigenvalue weighted by Crippen LogP contribution is 2.28. The summed E-state index contributed by atoms with van der Waals surface area (Å²) in [6.45, 7) is 5.24. The quantitative estimate of drug-likeness (QED) is 0.756. The van der Waals surface area contributed by atoms with Crippen molar-refractivity contribution >= 4 is 33.2 Å². The lowest BCUT2D eigenvalue weighted by atomic mass is 9.98. The van der Waals surface area contributed by atoms with Crippen LogP contribution in [0.25, 0.3) is 0 Å². The number of halogens is 1. The fraction of sp³-hybridized carbons (Fsp3) is 0.381. The zero-order valence-electron chi connectivity index (χ0n) is 16.7. The van der Waals surface area contributed by atoms with Crippen molar-refractivity contribution in [2.24, 2.45) is 5.92 Å². The number of benzene rings is 2. The van der Waals surface area contributed by atoms with Gasteiger partial charge in [0.05, 0.1) is 23.3 Å². The first-order valence-corrected chi connectivity index (χ1v) is 11.3. The van der Waals surface area contributed by atoms with Crippen LogP contribution in [0.15, 0.2) is 41.3 Å². The van der Waals surface area contributed by atoms with Crippen LogP contribution in [0.5, 0.6) is 5.75 Å². The molecule has 2 aromatic rings. The smallest absolute Gasteiger partial charge is 0.261 e. The van der Waals surface area contributed by atoms with Crippen molar-refractivity contribution < 1.29 is 17.9 Å². The molecule has 3 rings (SSSR count). The van der Waals surface area contributed by atoms with Crippen LogP contribution in [0.3, 0.4) is 0 Å². The Bertz CT molecular complexity index is 1020. The standard InChI is InChI=1S/C21H25ClN2O4S/c1-14-8-10-24(11-9-14)21(25)18-13-17(5-7-20(18)28-3)29(26,27)23-19-6-4-16(22)12-15(19)2/h4-7,12-14,23H,8-11H2,1-3H3. The zero-order valence-corrected chi connectivity index (χ0v) is 18.3. The van der Waals surface area contributed by atoms with E-state index < -0.39 is 10.0 Å². The highest BCUT2D eigenvalue weighted by Gasteiger charge is 2.26. The largest absolute Gasteiger partial charge is 0.496 e. The van der Waals surface area contributed by atoms with E-state index in [4.69, 9.17) is 16.3 Å². The first-order valence-electron chi connectivity index (χ1n) is 9.47. The number of likely N-dealkylation sites (tertiary alicyclic amines) is 1. The third kappa shape index (κ3) is 4.85. The molecule has 1 aliphatic heterocycles. The van der Waals surface area contributed by atoms with Gasteiger partial charge in [-0.1, -0.05) is 18.5 Å². The Labute approximate surface area is 176 Å². The van der Waals surface area contributed by atoms with Gasteiger partial charge in [-0.15, -0.1) is 0 Å². The monoisotopic (exact) mass is 436 g/mol. The molecule has 29 heavy (non-hydrogen) atoms. The summed E-state index contributed by atoms with van der Waals surface area (Å²) in [5.41, 5.74) is 1.38. The Balaban J connectivity index is 1.91. The van der Waals surface area contributed by atoms with Crippen molar-refractivity contribution in [2.45, 2.75) is 31.6 Å². The molecule has 0 spiro atoms. The predicted molar refractivity (Wildman–Crippen MR) is 114 cm³/mol. The summed E-state index contributed by atoms with van der Waals surface area (Å²) in [6.07, 6.45) is 1.87. The van der Waals surface area contributed by atoms with E-state index in [1.165, 1.54) is 25.3 Å². The van der Waals surface area contributed by atoms with E-state index in [2.05, 4.69) is 11.6 Å². The minimum atomic E-state index is -3.89.